The molecule has 0 radical (unpaired) electrons. The summed E-state index contributed by atoms with van der Waals surface area (Å²) in [4.78, 5) is 13.3. The van der Waals surface area contributed by atoms with Crippen LogP contribution >= 0.6 is 0 Å². The number of amides is 1. The monoisotopic (exact) mass is 453 g/mol. The van der Waals surface area contributed by atoms with E-state index in [4.69, 9.17) is 0 Å². The number of aromatic nitrogens is 1. The summed E-state index contributed by atoms with van der Waals surface area (Å²) in [6.07, 6.45) is 5.42. The number of piperidine rings is 1. The zero-order chi connectivity index (χ0) is 22.7. The molecule has 1 amide bonds. The minimum absolute atomic E-state index is 0.0449. The van der Waals surface area contributed by atoms with Crippen molar-refractivity contribution in [1.82, 2.24) is 14.2 Å². The maximum Gasteiger partial charge on any atom is 0.243 e. The molecule has 170 valence electrons. The second-order valence-corrected chi connectivity index (χ2v) is 10.5. The van der Waals surface area contributed by atoms with Gasteiger partial charge in [0.2, 0.25) is 15.9 Å². The number of aryl methyl sites for hydroxylation is 1. The fourth-order valence-electron chi connectivity index (χ4n) is 4.47. The van der Waals surface area contributed by atoms with Gasteiger partial charge in [0.1, 0.15) is 6.04 Å². The number of benzene rings is 2. The van der Waals surface area contributed by atoms with E-state index in [0.29, 0.717) is 31.0 Å². The molecule has 32 heavy (non-hydrogen) atoms. The first-order chi connectivity index (χ1) is 15.4. The highest BCUT2D eigenvalue weighted by molar-refractivity contribution is 7.89. The maximum atomic E-state index is 13.0. The van der Waals surface area contributed by atoms with Gasteiger partial charge in [-0.1, -0.05) is 43.2 Å². The third-order valence-corrected chi connectivity index (χ3v) is 8.11. The molecule has 0 spiro atoms. The molecule has 2 aromatic carbocycles. The van der Waals surface area contributed by atoms with Gasteiger partial charge in [-0.2, -0.15) is 4.31 Å². The largest absolute Gasteiger partial charge is 0.350 e. The van der Waals surface area contributed by atoms with Crippen LogP contribution in [-0.4, -0.2) is 36.3 Å². The van der Waals surface area contributed by atoms with Gasteiger partial charge in [-0.25, -0.2) is 8.42 Å². The van der Waals surface area contributed by atoms with Gasteiger partial charge in [0.05, 0.1) is 4.90 Å². The van der Waals surface area contributed by atoms with Crippen LogP contribution in [0.4, 0.5) is 0 Å². The molecule has 3 aromatic rings. The van der Waals surface area contributed by atoms with Gasteiger partial charge in [-0.3, -0.25) is 4.79 Å². The summed E-state index contributed by atoms with van der Waals surface area (Å²) in [6.45, 7) is 5.67. The Bertz CT molecular complexity index is 1210. The van der Waals surface area contributed by atoms with E-state index in [1.165, 1.54) is 0 Å². The normalized spacial score (nSPS) is 16.2. The predicted octanol–water partition coefficient (Wildman–Crippen LogP) is 4.39. The highest BCUT2D eigenvalue weighted by Crippen LogP contribution is 2.27. The molecule has 0 unspecified atom stereocenters. The lowest BCUT2D eigenvalue weighted by molar-refractivity contribution is -0.124. The van der Waals surface area contributed by atoms with Crippen molar-refractivity contribution < 1.29 is 13.2 Å². The molecule has 1 fully saturated rings. The van der Waals surface area contributed by atoms with Crippen molar-refractivity contribution in [3.05, 3.63) is 65.9 Å². The first-order valence-electron chi connectivity index (χ1n) is 11.3. The van der Waals surface area contributed by atoms with Gasteiger partial charge in [-0.05, 0) is 56.0 Å². The van der Waals surface area contributed by atoms with Crippen LogP contribution in [0.5, 0.6) is 0 Å². The van der Waals surface area contributed by atoms with E-state index in [1.807, 2.05) is 54.9 Å². The zero-order valence-electron chi connectivity index (χ0n) is 18.8. The molecular weight excluding hydrogens is 422 g/mol. The highest BCUT2D eigenvalue weighted by atomic mass is 32.2. The van der Waals surface area contributed by atoms with E-state index in [1.54, 1.807) is 16.4 Å². The molecular formula is C25H31N3O3S. The molecule has 1 aromatic heterocycles. The Kier molecular flexibility index (Phi) is 6.67. The Balaban J connectivity index is 1.54. The van der Waals surface area contributed by atoms with Crippen molar-refractivity contribution >= 4 is 26.8 Å². The van der Waals surface area contributed by atoms with Gasteiger partial charge in [-0.15, -0.1) is 0 Å². The van der Waals surface area contributed by atoms with E-state index >= 15 is 0 Å². The first kappa shape index (κ1) is 22.6. The van der Waals surface area contributed by atoms with Crippen LogP contribution < -0.4 is 5.32 Å². The Morgan fingerprint density at radius 1 is 1.06 bits per heavy atom. The number of sulfonamides is 1. The Labute approximate surface area is 190 Å². The van der Waals surface area contributed by atoms with Crippen molar-refractivity contribution in [3.63, 3.8) is 0 Å². The van der Waals surface area contributed by atoms with Crippen molar-refractivity contribution in [3.8, 4) is 0 Å². The van der Waals surface area contributed by atoms with E-state index < -0.39 is 10.0 Å². The van der Waals surface area contributed by atoms with Crippen LogP contribution in [0.25, 0.3) is 10.9 Å². The summed E-state index contributed by atoms with van der Waals surface area (Å²) in [6, 6.07) is 14.8. The second-order valence-electron chi connectivity index (χ2n) is 8.54. The van der Waals surface area contributed by atoms with Gasteiger partial charge < -0.3 is 9.88 Å². The van der Waals surface area contributed by atoms with Crippen LogP contribution in [0.15, 0.2) is 59.6 Å². The van der Waals surface area contributed by atoms with Gasteiger partial charge in [0, 0.05) is 36.7 Å². The Morgan fingerprint density at radius 3 is 2.56 bits per heavy atom. The third-order valence-electron chi connectivity index (χ3n) is 6.22. The SMILES string of the molecule is CC[C@H](C(=O)NCc1cccc(C)c1)n1ccc2cc(S(=O)(=O)N3CCCCC3)ccc21. The fourth-order valence-corrected chi connectivity index (χ4v) is 6.02. The average Bonchev–Trinajstić information content (AvgIpc) is 3.22. The Hall–Kier alpha value is -2.64. The molecule has 1 aliphatic rings. The Morgan fingerprint density at radius 2 is 1.84 bits per heavy atom. The molecule has 6 nitrogen and oxygen atoms in total. The lowest BCUT2D eigenvalue weighted by Gasteiger charge is -2.26. The summed E-state index contributed by atoms with van der Waals surface area (Å²) < 4.78 is 29.6. The molecule has 4 rings (SSSR count). The van der Waals surface area contributed by atoms with E-state index in [-0.39, 0.29) is 11.9 Å². The molecule has 0 saturated carbocycles. The number of fused-ring (bicyclic) bond motifs is 1. The molecule has 0 bridgehead atoms. The highest BCUT2D eigenvalue weighted by Gasteiger charge is 2.27. The molecule has 1 atom stereocenters. The van der Waals surface area contributed by atoms with Crippen molar-refractivity contribution in [1.29, 1.82) is 0 Å². The van der Waals surface area contributed by atoms with Gasteiger partial charge in [0.25, 0.3) is 0 Å². The van der Waals surface area contributed by atoms with Crippen LogP contribution in [0.3, 0.4) is 0 Å². The molecule has 1 aliphatic heterocycles. The third kappa shape index (κ3) is 4.59. The molecule has 0 aliphatic carbocycles. The van der Waals surface area contributed by atoms with Crippen LogP contribution in [0, 0.1) is 6.92 Å². The molecule has 7 heteroatoms. The summed E-state index contributed by atoms with van der Waals surface area (Å²) >= 11 is 0. The summed E-state index contributed by atoms with van der Waals surface area (Å²) in [7, 11) is -3.48. The van der Waals surface area contributed by atoms with Crippen LogP contribution in [-0.2, 0) is 21.4 Å². The summed E-state index contributed by atoms with van der Waals surface area (Å²) in [5, 5.41) is 3.87. The lowest BCUT2D eigenvalue weighted by atomic mass is 10.1. The summed E-state index contributed by atoms with van der Waals surface area (Å²) in [5.74, 6) is -0.0449. The predicted molar refractivity (Wildman–Crippen MR) is 127 cm³/mol. The topological polar surface area (TPSA) is 71.4 Å². The fraction of sp³-hybridized carbons (Fsp3) is 0.400. The minimum atomic E-state index is -3.48. The number of nitrogens with one attached hydrogen (secondary N) is 1. The molecule has 2 heterocycles. The lowest BCUT2D eigenvalue weighted by Crippen LogP contribution is -2.35. The van der Waals surface area contributed by atoms with Crippen LogP contribution in [0.2, 0.25) is 0 Å². The van der Waals surface area contributed by atoms with Crippen LogP contribution in [0.1, 0.15) is 49.8 Å². The van der Waals surface area contributed by atoms with Crippen molar-refractivity contribution in [2.24, 2.45) is 0 Å². The van der Waals surface area contributed by atoms with E-state index in [9.17, 15) is 13.2 Å². The van der Waals surface area contributed by atoms with Gasteiger partial charge in [0.15, 0.2) is 0 Å². The smallest absolute Gasteiger partial charge is 0.243 e. The number of carbonyl (C=O) groups is 1. The maximum absolute atomic E-state index is 13.0. The van der Waals surface area contributed by atoms with Crippen molar-refractivity contribution in [2.75, 3.05) is 13.1 Å². The molecule has 1 N–H and O–H groups in total. The number of carbonyl (C=O) groups excluding carboxylic acids is 1. The molecule has 1 saturated heterocycles. The zero-order valence-corrected chi connectivity index (χ0v) is 19.6. The van der Waals surface area contributed by atoms with E-state index in [0.717, 1.165) is 41.3 Å². The number of nitrogens with zero attached hydrogens (tertiary/aromatic N) is 2. The number of hydrogen-bond donors (Lipinski definition) is 1. The quantitative estimate of drug-likeness (QED) is 0.577. The average molecular weight is 454 g/mol. The number of hydrogen-bond acceptors (Lipinski definition) is 3. The minimum Gasteiger partial charge on any atom is -0.350 e. The van der Waals surface area contributed by atoms with E-state index in [2.05, 4.69) is 11.4 Å². The second kappa shape index (κ2) is 9.46. The standard InChI is InChI=1S/C25H31N3O3S/c1-3-23(25(29)26-18-20-9-7-8-19(2)16-20)28-15-12-21-17-22(10-11-24(21)28)32(30,31)27-13-5-4-6-14-27/h7-12,15-17,23H,3-6,13-14,18H2,1-2H3,(H,26,29)/t23-/m1/s1. The summed E-state index contributed by atoms with van der Waals surface area (Å²) in [5.41, 5.74) is 3.09. The number of rotatable bonds is 7. The van der Waals surface area contributed by atoms with Crippen molar-refractivity contribution in [2.45, 2.75) is 57.0 Å². The van der Waals surface area contributed by atoms with Gasteiger partial charge >= 0.3 is 0 Å². The first-order valence-corrected chi connectivity index (χ1v) is 12.8.